The lowest BCUT2D eigenvalue weighted by Crippen LogP contribution is -2.24. The first kappa shape index (κ1) is 14.2. The zero-order valence-electron chi connectivity index (χ0n) is 12.1. The molecule has 0 bridgehead atoms. The number of nitrogens with one attached hydrogen (secondary N) is 1. The van der Waals surface area contributed by atoms with Crippen LogP contribution >= 0.6 is 0 Å². The second-order valence-corrected chi connectivity index (χ2v) is 5.85. The largest absolute Gasteiger partial charge is 0.487 e. The van der Waals surface area contributed by atoms with Gasteiger partial charge in [0.1, 0.15) is 12.1 Å². The van der Waals surface area contributed by atoms with Gasteiger partial charge < -0.3 is 14.8 Å². The molecule has 1 saturated heterocycles. The predicted octanol–water partition coefficient (Wildman–Crippen LogP) is 3.26. The summed E-state index contributed by atoms with van der Waals surface area (Å²) in [4.78, 5) is 11.6. The summed E-state index contributed by atoms with van der Waals surface area (Å²) < 4.78 is 24.8. The van der Waals surface area contributed by atoms with Gasteiger partial charge in [-0.3, -0.25) is 0 Å². The van der Waals surface area contributed by atoms with Crippen LogP contribution in [0.1, 0.15) is 39.0 Å². The average Bonchev–Trinajstić information content (AvgIpc) is 3.03. The van der Waals surface area contributed by atoms with Crippen LogP contribution in [0.25, 0.3) is 0 Å². The van der Waals surface area contributed by atoms with E-state index in [9.17, 15) is 9.18 Å². The number of halogens is 1. The molecule has 1 aliphatic carbocycles. The van der Waals surface area contributed by atoms with Crippen molar-refractivity contribution >= 4 is 11.7 Å². The molecule has 4 nitrogen and oxygen atoms in total. The average molecular weight is 293 g/mol. The SMILES string of the molecule is C[C@@H]1C[C@H](Nc2ccc(OC3CCCC3)c(F)c2)C(=O)O1. The van der Waals surface area contributed by atoms with Crippen molar-refractivity contribution in [2.75, 3.05) is 5.32 Å². The lowest BCUT2D eigenvalue weighted by Gasteiger charge is -2.15. The zero-order valence-corrected chi connectivity index (χ0v) is 12.1. The predicted molar refractivity (Wildman–Crippen MR) is 76.9 cm³/mol. The van der Waals surface area contributed by atoms with Crippen LogP contribution in [0.3, 0.4) is 0 Å². The highest BCUT2D eigenvalue weighted by atomic mass is 19.1. The van der Waals surface area contributed by atoms with Crippen LogP contribution in [0.15, 0.2) is 18.2 Å². The second-order valence-electron chi connectivity index (χ2n) is 5.85. The van der Waals surface area contributed by atoms with Crippen molar-refractivity contribution in [1.29, 1.82) is 0 Å². The number of anilines is 1. The van der Waals surface area contributed by atoms with Crippen molar-refractivity contribution in [3.8, 4) is 5.75 Å². The maximum atomic E-state index is 14.1. The standard InChI is InChI=1S/C16H20FNO3/c1-10-8-14(16(19)20-10)18-11-6-7-15(13(17)9-11)21-12-4-2-3-5-12/h6-7,9-10,12,14,18H,2-5,8H2,1H3/t10-,14+/m1/s1. The van der Waals surface area contributed by atoms with E-state index in [0.717, 1.165) is 25.7 Å². The van der Waals surface area contributed by atoms with E-state index in [2.05, 4.69) is 5.32 Å². The van der Waals surface area contributed by atoms with Gasteiger partial charge in [-0.15, -0.1) is 0 Å². The lowest BCUT2D eigenvalue weighted by atomic mass is 10.1. The second kappa shape index (κ2) is 5.92. The molecule has 5 heteroatoms. The Kier molecular flexibility index (Phi) is 3.99. The van der Waals surface area contributed by atoms with E-state index in [1.54, 1.807) is 12.1 Å². The van der Waals surface area contributed by atoms with Crippen molar-refractivity contribution in [2.45, 2.75) is 57.3 Å². The molecular formula is C16H20FNO3. The van der Waals surface area contributed by atoms with Gasteiger partial charge in [0.15, 0.2) is 11.6 Å². The van der Waals surface area contributed by atoms with Gasteiger partial charge in [-0.25, -0.2) is 9.18 Å². The Balaban J connectivity index is 1.64. The molecule has 0 amide bonds. The first-order valence-corrected chi connectivity index (χ1v) is 7.55. The highest BCUT2D eigenvalue weighted by Crippen LogP contribution is 2.28. The lowest BCUT2D eigenvalue weighted by molar-refractivity contribution is -0.141. The maximum Gasteiger partial charge on any atom is 0.328 e. The molecule has 0 spiro atoms. The molecule has 2 aliphatic rings. The number of hydrogen-bond donors (Lipinski definition) is 1. The molecular weight excluding hydrogens is 273 g/mol. The molecule has 0 radical (unpaired) electrons. The first-order valence-electron chi connectivity index (χ1n) is 7.55. The van der Waals surface area contributed by atoms with E-state index in [0.29, 0.717) is 12.1 Å². The van der Waals surface area contributed by atoms with E-state index < -0.39 is 11.9 Å². The third kappa shape index (κ3) is 3.28. The van der Waals surface area contributed by atoms with Gasteiger partial charge in [0.2, 0.25) is 0 Å². The van der Waals surface area contributed by atoms with E-state index >= 15 is 0 Å². The minimum atomic E-state index is -0.402. The molecule has 21 heavy (non-hydrogen) atoms. The van der Waals surface area contributed by atoms with Crippen LogP contribution in [0, 0.1) is 5.82 Å². The monoisotopic (exact) mass is 293 g/mol. The molecule has 2 atom stereocenters. The van der Waals surface area contributed by atoms with Crippen LogP contribution < -0.4 is 10.1 Å². The molecule has 1 aromatic rings. The van der Waals surface area contributed by atoms with Crippen molar-refractivity contribution in [2.24, 2.45) is 0 Å². The summed E-state index contributed by atoms with van der Waals surface area (Å²) in [6.45, 7) is 1.85. The van der Waals surface area contributed by atoms with Gasteiger partial charge in [-0.2, -0.15) is 0 Å². The van der Waals surface area contributed by atoms with Crippen molar-refractivity contribution in [1.82, 2.24) is 0 Å². The van der Waals surface area contributed by atoms with Gasteiger partial charge >= 0.3 is 5.97 Å². The molecule has 114 valence electrons. The summed E-state index contributed by atoms with van der Waals surface area (Å²) in [5.41, 5.74) is 0.572. The van der Waals surface area contributed by atoms with Crippen LogP contribution in [0.5, 0.6) is 5.75 Å². The number of ether oxygens (including phenoxy) is 2. The van der Waals surface area contributed by atoms with Crippen molar-refractivity contribution in [3.05, 3.63) is 24.0 Å². The maximum absolute atomic E-state index is 14.1. The third-order valence-electron chi connectivity index (χ3n) is 4.04. The Morgan fingerprint density at radius 1 is 1.33 bits per heavy atom. The zero-order chi connectivity index (χ0) is 14.8. The minimum Gasteiger partial charge on any atom is -0.487 e. The molecule has 3 rings (SSSR count). The first-order chi connectivity index (χ1) is 10.1. The normalized spacial score (nSPS) is 25.9. The fourth-order valence-corrected chi connectivity index (χ4v) is 2.95. The number of benzene rings is 1. The number of esters is 1. The molecule has 2 fully saturated rings. The fourth-order valence-electron chi connectivity index (χ4n) is 2.95. The summed E-state index contributed by atoms with van der Waals surface area (Å²) in [7, 11) is 0. The van der Waals surface area contributed by atoms with Crippen LogP contribution in [0.4, 0.5) is 10.1 Å². The molecule has 0 aromatic heterocycles. The van der Waals surface area contributed by atoms with Crippen LogP contribution in [-0.4, -0.2) is 24.2 Å². The van der Waals surface area contributed by atoms with Gasteiger partial charge in [0, 0.05) is 18.2 Å². The summed E-state index contributed by atoms with van der Waals surface area (Å²) in [5, 5.41) is 3.01. The van der Waals surface area contributed by atoms with Gasteiger partial charge in [-0.1, -0.05) is 0 Å². The molecule has 1 N–H and O–H groups in total. The highest BCUT2D eigenvalue weighted by molar-refractivity contribution is 5.81. The van der Waals surface area contributed by atoms with E-state index in [-0.39, 0.29) is 23.9 Å². The quantitative estimate of drug-likeness (QED) is 0.866. The fraction of sp³-hybridized carbons (Fsp3) is 0.562. The smallest absolute Gasteiger partial charge is 0.328 e. The molecule has 1 heterocycles. The topological polar surface area (TPSA) is 47.6 Å². The molecule has 1 aromatic carbocycles. The summed E-state index contributed by atoms with van der Waals surface area (Å²) >= 11 is 0. The minimum absolute atomic E-state index is 0.0928. The van der Waals surface area contributed by atoms with Gasteiger partial charge in [-0.05, 0) is 44.7 Å². The van der Waals surface area contributed by atoms with Gasteiger partial charge in [0.25, 0.3) is 0 Å². The van der Waals surface area contributed by atoms with Crippen LogP contribution in [0.2, 0.25) is 0 Å². The van der Waals surface area contributed by atoms with Crippen molar-refractivity contribution in [3.63, 3.8) is 0 Å². The number of cyclic esters (lactones) is 1. The highest BCUT2D eigenvalue weighted by Gasteiger charge is 2.31. The van der Waals surface area contributed by atoms with Crippen molar-refractivity contribution < 1.29 is 18.7 Å². The van der Waals surface area contributed by atoms with E-state index in [1.807, 2.05) is 6.92 Å². The molecule has 1 aliphatic heterocycles. The number of carbonyl (C=O) groups is 1. The summed E-state index contributed by atoms with van der Waals surface area (Å²) in [6.07, 6.45) is 4.91. The Bertz CT molecular complexity index is 528. The van der Waals surface area contributed by atoms with Crippen LogP contribution in [-0.2, 0) is 9.53 Å². The number of carbonyl (C=O) groups excluding carboxylic acids is 1. The molecule has 0 unspecified atom stereocenters. The molecule has 1 saturated carbocycles. The Labute approximate surface area is 123 Å². The number of rotatable bonds is 4. The summed E-state index contributed by atoms with van der Waals surface area (Å²) in [6, 6.07) is 4.34. The third-order valence-corrected chi connectivity index (χ3v) is 4.04. The van der Waals surface area contributed by atoms with E-state index in [1.165, 1.54) is 6.07 Å². The summed E-state index contributed by atoms with van der Waals surface area (Å²) in [5.74, 6) is -0.393. The Hall–Kier alpha value is -1.78. The number of hydrogen-bond acceptors (Lipinski definition) is 4. The Morgan fingerprint density at radius 3 is 2.71 bits per heavy atom. The Morgan fingerprint density at radius 2 is 2.10 bits per heavy atom. The van der Waals surface area contributed by atoms with Gasteiger partial charge in [0.05, 0.1) is 6.10 Å². The van der Waals surface area contributed by atoms with E-state index in [4.69, 9.17) is 9.47 Å².